The van der Waals surface area contributed by atoms with E-state index in [2.05, 4.69) is 15.9 Å². The number of aliphatic hydroxyl groups is 1. The number of ether oxygens (including phenoxy) is 2. The molecule has 0 aromatic rings. The Kier molecular flexibility index (Phi) is 2.31. The zero-order chi connectivity index (χ0) is 10.6. The second kappa shape index (κ2) is 3.04. The molecule has 0 unspecified atom stereocenters. The highest BCUT2D eigenvalue weighted by molar-refractivity contribution is 9.09. The lowest BCUT2D eigenvalue weighted by molar-refractivity contribution is -0.160. The van der Waals surface area contributed by atoms with Gasteiger partial charge in [0.05, 0.1) is 4.83 Å². The second-order valence-electron chi connectivity index (χ2n) is 4.55. The summed E-state index contributed by atoms with van der Waals surface area (Å²) in [4.78, 5) is 0.106. The van der Waals surface area contributed by atoms with Crippen LogP contribution in [0, 0.1) is 0 Å². The molecule has 1 N–H and O–H groups in total. The first-order valence-corrected chi connectivity index (χ1v) is 5.65. The van der Waals surface area contributed by atoms with Gasteiger partial charge in [-0.05, 0) is 20.8 Å². The van der Waals surface area contributed by atoms with Crippen molar-refractivity contribution in [3.05, 3.63) is 12.2 Å². The summed E-state index contributed by atoms with van der Waals surface area (Å²) >= 11 is 3.50. The Hall–Kier alpha value is 0.100. The van der Waals surface area contributed by atoms with Crippen LogP contribution in [0.1, 0.15) is 20.8 Å². The van der Waals surface area contributed by atoms with Crippen LogP contribution in [0.15, 0.2) is 12.2 Å². The van der Waals surface area contributed by atoms with Crippen LogP contribution in [0.3, 0.4) is 0 Å². The Bertz CT molecular complexity index is 273. The molecule has 1 saturated heterocycles. The Labute approximate surface area is 92.2 Å². The van der Waals surface area contributed by atoms with Gasteiger partial charge in [-0.1, -0.05) is 28.1 Å². The average Bonchev–Trinajstić information content (AvgIpc) is 2.36. The lowest BCUT2D eigenvalue weighted by Crippen LogP contribution is -2.49. The molecule has 4 heteroatoms. The molecule has 0 saturated carbocycles. The van der Waals surface area contributed by atoms with Crippen molar-refractivity contribution in [3.8, 4) is 0 Å². The summed E-state index contributed by atoms with van der Waals surface area (Å²) in [7, 11) is 0. The van der Waals surface area contributed by atoms with Crippen molar-refractivity contribution in [1.29, 1.82) is 0 Å². The van der Waals surface area contributed by atoms with Crippen LogP contribution >= 0.6 is 15.9 Å². The average molecular weight is 263 g/mol. The number of hydrogen-bond acceptors (Lipinski definition) is 3. The summed E-state index contributed by atoms with van der Waals surface area (Å²) in [5.74, 6) is -0.614. The molecule has 1 heterocycles. The maximum atomic E-state index is 10.1. The van der Waals surface area contributed by atoms with Crippen LogP contribution in [0.5, 0.6) is 0 Å². The molecule has 2 aliphatic rings. The van der Waals surface area contributed by atoms with Crippen LogP contribution in [0.2, 0.25) is 0 Å². The summed E-state index contributed by atoms with van der Waals surface area (Å²) in [6.07, 6.45) is 3.25. The van der Waals surface area contributed by atoms with E-state index in [0.29, 0.717) is 0 Å². The minimum absolute atomic E-state index is 0.106. The fourth-order valence-electron chi connectivity index (χ4n) is 1.97. The van der Waals surface area contributed by atoms with Gasteiger partial charge in [0.1, 0.15) is 17.8 Å². The highest BCUT2D eigenvalue weighted by Crippen LogP contribution is 2.40. The smallest absolute Gasteiger partial charge is 0.163 e. The fourth-order valence-corrected chi connectivity index (χ4v) is 2.50. The minimum Gasteiger partial charge on any atom is -0.383 e. The van der Waals surface area contributed by atoms with Gasteiger partial charge in [-0.2, -0.15) is 0 Å². The lowest BCUT2D eigenvalue weighted by Gasteiger charge is -2.34. The van der Waals surface area contributed by atoms with Gasteiger partial charge in [0.2, 0.25) is 0 Å². The molecule has 80 valence electrons. The third kappa shape index (κ3) is 1.65. The van der Waals surface area contributed by atoms with Crippen molar-refractivity contribution in [2.45, 2.75) is 49.2 Å². The van der Waals surface area contributed by atoms with E-state index in [9.17, 15) is 5.11 Å². The summed E-state index contributed by atoms with van der Waals surface area (Å²) in [5, 5.41) is 10.1. The molecule has 1 aliphatic carbocycles. The topological polar surface area (TPSA) is 38.7 Å². The van der Waals surface area contributed by atoms with Gasteiger partial charge in [-0.25, -0.2) is 0 Å². The molecule has 4 atom stereocenters. The van der Waals surface area contributed by atoms with E-state index < -0.39 is 11.4 Å². The quantitative estimate of drug-likeness (QED) is 0.533. The molecule has 0 bridgehead atoms. The van der Waals surface area contributed by atoms with Gasteiger partial charge in [0.25, 0.3) is 0 Å². The number of hydrogen-bond donors (Lipinski definition) is 1. The van der Waals surface area contributed by atoms with Gasteiger partial charge in [-0.15, -0.1) is 0 Å². The Morgan fingerprint density at radius 1 is 1.29 bits per heavy atom. The molecule has 2 rings (SSSR count). The summed E-state index contributed by atoms with van der Waals surface area (Å²) in [6, 6.07) is 0. The van der Waals surface area contributed by atoms with E-state index in [1.165, 1.54) is 0 Å². The molecule has 14 heavy (non-hydrogen) atoms. The second-order valence-corrected chi connectivity index (χ2v) is 5.61. The highest BCUT2D eigenvalue weighted by Gasteiger charge is 2.52. The largest absolute Gasteiger partial charge is 0.383 e. The first kappa shape index (κ1) is 10.6. The third-order valence-corrected chi connectivity index (χ3v) is 3.46. The third-order valence-electron chi connectivity index (χ3n) is 2.64. The first-order valence-electron chi connectivity index (χ1n) is 4.73. The number of alkyl halides is 1. The predicted molar refractivity (Wildman–Crippen MR) is 56.3 cm³/mol. The van der Waals surface area contributed by atoms with Gasteiger partial charge in [0, 0.05) is 0 Å². The Morgan fingerprint density at radius 3 is 2.50 bits per heavy atom. The number of fused-ring (bicyclic) bond motifs is 1. The van der Waals surface area contributed by atoms with E-state index in [-0.39, 0.29) is 17.0 Å². The molecule has 0 radical (unpaired) electrons. The van der Waals surface area contributed by atoms with Crippen LogP contribution < -0.4 is 0 Å². The van der Waals surface area contributed by atoms with Gasteiger partial charge in [-0.3, -0.25) is 0 Å². The number of rotatable bonds is 0. The zero-order valence-electron chi connectivity index (χ0n) is 8.53. The molecule has 0 aromatic carbocycles. The van der Waals surface area contributed by atoms with E-state index in [1.54, 1.807) is 13.0 Å². The van der Waals surface area contributed by atoms with Gasteiger partial charge < -0.3 is 14.6 Å². The SMILES string of the molecule is CC1(C)O[C@H]2[C@@H](Br)C=C[C@](C)(O)[C@H]2O1. The lowest BCUT2D eigenvalue weighted by atomic mass is 9.88. The Balaban J connectivity index is 2.30. The molecule has 1 aliphatic heterocycles. The van der Waals surface area contributed by atoms with Crippen molar-refractivity contribution in [3.63, 3.8) is 0 Å². The highest BCUT2D eigenvalue weighted by atomic mass is 79.9. The zero-order valence-corrected chi connectivity index (χ0v) is 10.1. The molecule has 0 spiro atoms. The maximum absolute atomic E-state index is 10.1. The van der Waals surface area contributed by atoms with Crippen LogP contribution in [0.4, 0.5) is 0 Å². The van der Waals surface area contributed by atoms with Gasteiger partial charge in [0.15, 0.2) is 5.79 Å². The molecule has 0 aromatic heterocycles. The monoisotopic (exact) mass is 262 g/mol. The van der Waals surface area contributed by atoms with Crippen molar-refractivity contribution in [1.82, 2.24) is 0 Å². The summed E-state index contributed by atoms with van der Waals surface area (Å²) in [6.45, 7) is 5.47. The van der Waals surface area contributed by atoms with E-state index in [1.807, 2.05) is 19.9 Å². The van der Waals surface area contributed by atoms with Gasteiger partial charge >= 0.3 is 0 Å². The Morgan fingerprint density at radius 2 is 1.93 bits per heavy atom. The van der Waals surface area contributed by atoms with Crippen LogP contribution in [-0.4, -0.2) is 33.5 Å². The molecular weight excluding hydrogens is 248 g/mol. The maximum Gasteiger partial charge on any atom is 0.163 e. The molecular formula is C10H15BrO3. The van der Waals surface area contributed by atoms with Crippen LogP contribution in [-0.2, 0) is 9.47 Å². The predicted octanol–water partition coefficient (Wildman–Crippen LogP) is 1.59. The molecule has 1 fully saturated rings. The molecule has 0 amide bonds. The number of halogens is 1. The molecule has 3 nitrogen and oxygen atoms in total. The fraction of sp³-hybridized carbons (Fsp3) is 0.800. The summed E-state index contributed by atoms with van der Waals surface area (Å²) < 4.78 is 11.4. The summed E-state index contributed by atoms with van der Waals surface area (Å²) in [5.41, 5.74) is -0.942. The van der Waals surface area contributed by atoms with Crippen molar-refractivity contribution in [2.75, 3.05) is 0 Å². The normalized spacial score (nSPS) is 50.5. The van der Waals surface area contributed by atoms with Crippen LogP contribution in [0.25, 0.3) is 0 Å². The first-order chi connectivity index (χ1) is 6.32. The van der Waals surface area contributed by atoms with Crippen molar-refractivity contribution >= 4 is 15.9 Å². The minimum atomic E-state index is -0.942. The van der Waals surface area contributed by atoms with E-state index >= 15 is 0 Å². The van der Waals surface area contributed by atoms with Crippen molar-refractivity contribution in [2.24, 2.45) is 0 Å². The van der Waals surface area contributed by atoms with E-state index in [4.69, 9.17) is 9.47 Å². The standard InChI is InChI=1S/C10H15BrO3/c1-9(2)13-7-6(11)4-5-10(3,12)8(7)14-9/h4-8,12H,1-3H3/t6-,7-,8-,10-/m0/s1. The van der Waals surface area contributed by atoms with Crippen molar-refractivity contribution < 1.29 is 14.6 Å². The van der Waals surface area contributed by atoms with E-state index in [0.717, 1.165) is 0 Å².